The van der Waals surface area contributed by atoms with Crippen molar-refractivity contribution in [1.29, 1.82) is 5.26 Å². The molecule has 1 aliphatic rings. The lowest BCUT2D eigenvalue weighted by molar-refractivity contribution is 0.124. The lowest BCUT2D eigenvalue weighted by Crippen LogP contribution is -2.46. The van der Waals surface area contributed by atoms with E-state index >= 15 is 0 Å². The number of amides is 1. The molecule has 1 aliphatic heterocycles. The van der Waals surface area contributed by atoms with Crippen LogP contribution >= 0.6 is 0 Å². The van der Waals surface area contributed by atoms with E-state index in [1.807, 2.05) is 6.07 Å². The lowest BCUT2D eigenvalue weighted by Gasteiger charge is -2.34. The first-order valence-electron chi connectivity index (χ1n) is 5.83. The Labute approximate surface area is 105 Å². The van der Waals surface area contributed by atoms with Crippen molar-refractivity contribution in [2.75, 3.05) is 18.1 Å². The maximum Gasteiger partial charge on any atom is 0.414 e. The third kappa shape index (κ3) is 2.44. The van der Waals surface area contributed by atoms with E-state index in [1.54, 1.807) is 29.2 Å². The van der Waals surface area contributed by atoms with Crippen LogP contribution in [-0.2, 0) is 4.74 Å². The number of rotatable bonds is 3. The molecule has 0 aromatic heterocycles. The summed E-state index contributed by atoms with van der Waals surface area (Å²) in [5, 5.41) is 17.8. The number of benzene rings is 1. The minimum atomic E-state index is -0.399. The van der Waals surface area contributed by atoms with Gasteiger partial charge in [0.25, 0.3) is 0 Å². The van der Waals surface area contributed by atoms with Crippen LogP contribution in [-0.4, -0.2) is 30.5 Å². The molecule has 0 saturated carbocycles. The average molecular weight is 246 g/mol. The van der Waals surface area contributed by atoms with E-state index in [9.17, 15) is 4.79 Å². The SMILES string of the molecule is N#Cc1ccc(N2C(=O)OCCC2CCO)cc1. The van der Waals surface area contributed by atoms with Crippen LogP contribution in [0.3, 0.4) is 0 Å². The lowest BCUT2D eigenvalue weighted by atomic mass is 10.1. The molecule has 1 aromatic carbocycles. The van der Waals surface area contributed by atoms with E-state index < -0.39 is 6.09 Å². The van der Waals surface area contributed by atoms with Gasteiger partial charge in [-0.1, -0.05) is 0 Å². The molecule has 1 amide bonds. The molecule has 2 rings (SSSR count). The van der Waals surface area contributed by atoms with Gasteiger partial charge in [-0.2, -0.15) is 5.26 Å². The minimum Gasteiger partial charge on any atom is -0.449 e. The third-order valence-electron chi connectivity index (χ3n) is 2.98. The van der Waals surface area contributed by atoms with Gasteiger partial charge in [-0.15, -0.1) is 0 Å². The van der Waals surface area contributed by atoms with Crippen molar-refractivity contribution < 1.29 is 14.6 Å². The first-order valence-corrected chi connectivity index (χ1v) is 5.83. The van der Waals surface area contributed by atoms with E-state index in [0.29, 0.717) is 30.7 Å². The number of cyclic esters (lactones) is 1. The standard InChI is InChI=1S/C13H14N2O3/c14-9-10-1-3-11(4-2-10)15-12(5-7-16)6-8-18-13(15)17/h1-4,12,16H,5-8H2. The van der Waals surface area contributed by atoms with Gasteiger partial charge < -0.3 is 9.84 Å². The number of ether oxygens (including phenoxy) is 1. The van der Waals surface area contributed by atoms with Crippen LogP contribution in [0, 0.1) is 11.3 Å². The van der Waals surface area contributed by atoms with Gasteiger partial charge in [0.15, 0.2) is 0 Å². The molecule has 1 aromatic rings. The van der Waals surface area contributed by atoms with Crippen molar-refractivity contribution >= 4 is 11.8 Å². The maximum atomic E-state index is 11.8. The Morgan fingerprint density at radius 3 is 2.78 bits per heavy atom. The molecule has 0 bridgehead atoms. The Balaban J connectivity index is 2.25. The van der Waals surface area contributed by atoms with Gasteiger partial charge in [0.2, 0.25) is 0 Å². The van der Waals surface area contributed by atoms with Gasteiger partial charge >= 0.3 is 6.09 Å². The number of hydrogen-bond donors (Lipinski definition) is 1. The maximum absolute atomic E-state index is 11.8. The Bertz CT molecular complexity index is 462. The number of carbonyl (C=O) groups is 1. The molecule has 1 saturated heterocycles. The van der Waals surface area contributed by atoms with Gasteiger partial charge in [-0.05, 0) is 30.7 Å². The van der Waals surface area contributed by atoms with Gasteiger partial charge in [0.05, 0.1) is 18.2 Å². The van der Waals surface area contributed by atoms with Gasteiger partial charge in [-0.25, -0.2) is 4.79 Å². The zero-order chi connectivity index (χ0) is 13.0. The van der Waals surface area contributed by atoms with Crippen molar-refractivity contribution in [2.24, 2.45) is 0 Å². The van der Waals surface area contributed by atoms with Crippen molar-refractivity contribution in [2.45, 2.75) is 18.9 Å². The molecule has 1 heterocycles. The van der Waals surface area contributed by atoms with Crippen LogP contribution in [0.25, 0.3) is 0 Å². The van der Waals surface area contributed by atoms with E-state index in [-0.39, 0.29) is 12.6 Å². The van der Waals surface area contributed by atoms with E-state index in [0.717, 1.165) is 0 Å². The van der Waals surface area contributed by atoms with Gasteiger partial charge in [-0.3, -0.25) is 4.90 Å². The summed E-state index contributed by atoms with van der Waals surface area (Å²) >= 11 is 0. The molecule has 0 aliphatic carbocycles. The number of anilines is 1. The Morgan fingerprint density at radius 1 is 1.44 bits per heavy atom. The largest absolute Gasteiger partial charge is 0.449 e. The molecule has 18 heavy (non-hydrogen) atoms. The second-order valence-corrected chi connectivity index (χ2v) is 4.10. The molecule has 1 atom stereocenters. The second-order valence-electron chi connectivity index (χ2n) is 4.10. The van der Waals surface area contributed by atoms with Crippen molar-refractivity contribution in [3.63, 3.8) is 0 Å². The number of hydrogen-bond acceptors (Lipinski definition) is 4. The summed E-state index contributed by atoms with van der Waals surface area (Å²) in [6.45, 7) is 0.418. The predicted octanol–water partition coefficient (Wildman–Crippen LogP) is 1.66. The smallest absolute Gasteiger partial charge is 0.414 e. The van der Waals surface area contributed by atoms with Crippen LogP contribution in [0.15, 0.2) is 24.3 Å². The summed E-state index contributed by atoms with van der Waals surface area (Å²) in [6, 6.07) is 8.73. The molecule has 0 radical (unpaired) electrons. The molecular formula is C13H14N2O3. The zero-order valence-corrected chi connectivity index (χ0v) is 9.87. The summed E-state index contributed by atoms with van der Waals surface area (Å²) in [7, 11) is 0. The molecule has 0 spiro atoms. The minimum absolute atomic E-state index is 0.0325. The quantitative estimate of drug-likeness (QED) is 0.880. The van der Waals surface area contributed by atoms with Crippen molar-refractivity contribution in [3.05, 3.63) is 29.8 Å². The zero-order valence-electron chi connectivity index (χ0n) is 9.87. The molecular weight excluding hydrogens is 232 g/mol. The molecule has 1 fully saturated rings. The first kappa shape index (κ1) is 12.4. The summed E-state index contributed by atoms with van der Waals surface area (Å²) in [5.74, 6) is 0. The van der Waals surface area contributed by atoms with Crippen LogP contribution in [0.2, 0.25) is 0 Å². The highest BCUT2D eigenvalue weighted by Gasteiger charge is 2.30. The summed E-state index contributed by atoms with van der Waals surface area (Å²) in [5.41, 5.74) is 1.24. The number of carbonyl (C=O) groups excluding carboxylic acids is 1. The fourth-order valence-corrected chi connectivity index (χ4v) is 2.07. The van der Waals surface area contributed by atoms with E-state index in [2.05, 4.69) is 0 Å². The average Bonchev–Trinajstić information content (AvgIpc) is 2.40. The first-order chi connectivity index (χ1) is 8.76. The normalized spacial score (nSPS) is 19.2. The van der Waals surface area contributed by atoms with Crippen molar-refractivity contribution in [3.8, 4) is 6.07 Å². The van der Waals surface area contributed by atoms with E-state index in [4.69, 9.17) is 15.1 Å². The Kier molecular flexibility index (Phi) is 3.80. The molecule has 1 unspecified atom stereocenters. The highest BCUT2D eigenvalue weighted by Crippen LogP contribution is 2.25. The number of aliphatic hydroxyl groups is 1. The monoisotopic (exact) mass is 246 g/mol. The van der Waals surface area contributed by atoms with Gasteiger partial charge in [0.1, 0.15) is 0 Å². The summed E-state index contributed by atoms with van der Waals surface area (Å²) < 4.78 is 5.02. The molecule has 94 valence electrons. The number of nitriles is 1. The fraction of sp³-hybridized carbons (Fsp3) is 0.385. The van der Waals surface area contributed by atoms with E-state index in [1.165, 1.54) is 0 Å². The van der Waals surface area contributed by atoms with Crippen LogP contribution in [0.5, 0.6) is 0 Å². The number of nitrogens with zero attached hydrogens (tertiary/aromatic N) is 2. The highest BCUT2D eigenvalue weighted by atomic mass is 16.6. The topological polar surface area (TPSA) is 73.6 Å². The molecule has 5 nitrogen and oxygen atoms in total. The van der Waals surface area contributed by atoms with Gasteiger partial charge in [0, 0.05) is 24.8 Å². The highest BCUT2D eigenvalue weighted by molar-refractivity contribution is 5.89. The summed E-state index contributed by atoms with van der Waals surface area (Å²) in [4.78, 5) is 13.3. The Morgan fingerprint density at radius 2 is 2.17 bits per heavy atom. The second kappa shape index (κ2) is 5.52. The molecule has 5 heteroatoms. The van der Waals surface area contributed by atoms with Crippen LogP contribution in [0.1, 0.15) is 18.4 Å². The fourth-order valence-electron chi connectivity index (χ4n) is 2.07. The van der Waals surface area contributed by atoms with Crippen LogP contribution in [0.4, 0.5) is 10.5 Å². The number of aliphatic hydroxyl groups excluding tert-OH is 1. The molecule has 1 N–H and O–H groups in total. The third-order valence-corrected chi connectivity index (χ3v) is 2.98. The summed E-state index contributed by atoms with van der Waals surface area (Å²) in [6.07, 6.45) is 0.825. The van der Waals surface area contributed by atoms with Crippen molar-refractivity contribution in [1.82, 2.24) is 0 Å². The Hall–Kier alpha value is -2.06. The predicted molar refractivity (Wildman–Crippen MR) is 65.1 cm³/mol. The van der Waals surface area contributed by atoms with Crippen LogP contribution < -0.4 is 4.90 Å².